The maximum atomic E-state index is 14.0. The van der Waals surface area contributed by atoms with Gasteiger partial charge in [0.2, 0.25) is 11.8 Å². The topological polar surface area (TPSA) is 560 Å². The Morgan fingerprint density at radius 2 is 0.506 bits per heavy atom. The molecule has 4 fully saturated rings. The van der Waals surface area contributed by atoms with E-state index in [9.17, 15) is 121 Å². The highest BCUT2D eigenvalue weighted by molar-refractivity contribution is 5.80. The van der Waals surface area contributed by atoms with Crippen LogP contribution in [0.3, 0.4) is 0 Å². The minimum atomic E-state index is -1.92. The van der Waals surface area contributed by atoms with Gasteiger partial charge in [-0.1, -0.05) is 0 Å². The fraction of sp³-hybridized carbons (Fsp3) is 0.891. The lowest BCUT2D eigenvalue weighted by Crippen LogP contribution is -2.58. The van der Waals surface area contributed by atoms with Gasteiger partial charge in [-0.2, -0.15) is 0 Å². The van der Waals surface area contributed by atoms with Crippen molar-refractivity contribution in [1.82, 2.24) is 24.5 Å². The Bertz CT molecular complexity index is 1770. The molecule has 0 spiro atoms. The Kier molecular flexibility index (Phi) is 30.4. The summed E-state index contributed by atoms with van der Waals surface area (Å²) >= 11 is 0. The van der Waals surface area contributed by atoms with Crippen LogP contribution in [0.4, 0.5) is 0 Å². The predicted octanol–water partition coefficient (Wildman–Crippen LogP) is -12.5. The van der Waals surface area contributed by atoms with E-state index >= 15 is 0 Å². The number of rotatable bonds is 36. The van der Waals surface area contributed by atoms with Gasteiger partial charge in [-0.25, -0.2) is 0 Å². The maximum absolute atomic E-state index is 14.0. The number of ether oxygens (including phenoxy) is 8. The number of carbonyl (C=O) groups is 5. The summed E-state index contributed by atoms with van der Waals surface area (Å²) in [4.78, 5) is 70.3. The van der Waals surface area contributed by atoms with Crippen LogP contribution in [0.5, 0.6) is 0 Å². The molecule has 4 unspecified atom stereocenters. The summed E-state index contributed by atoms with van der Waals surface area (Å²) in [7, 11) is 0. The van der Waals surface area contributed by atoms with Gasteiger partial charge in [0.1, 0.15) is 73.2 Å². The van der Waals surface area contributed by atoms with Gasteiger partial charge in [0.15, 0.2) is 50.3 Å². The van der Waals surface area contributed by atoms with Crippen molar-refractivity contribution in [3.05, 3.63) is 0 Å². The molecule has 482 valence electrons. The molecule has 4 rings (SSSR count). The van der Waals surface area contributed by atoms with Crippen LogP contribution in [-0.2, 0) is 61.9 Å². The zero-order chi connectivity index (χ0) is 61.8. The minimum absolute atomic E-state index is 0.0222. The lowest BCUT2D eigenvalue weighted by atomic mass is 10.0. The molecule has 0 bridgehead atoms. The number of aliphatic hydroxyl groups excluding tert-OH is 16. The first kappa shape index (κ1) is 71.7. The van der Waals surface area contributed by atoms with Gasteiger partial charge in [0.05, 0.1) is 59.2 Å². The number of hydrogen-bond acceptors (Lipinski definition) is 32. The van der Waals surface area contributed by atoms with E-state index in [0.717, 1.165) is 9.80 Å². The number of amides is 2. The molecule has 0 radical (unpaired) electrons. The number of carboxylic acids is 3. The van der Waals surface area contributed by atoms with Crippen LogP contribution in [0.2, 0.25) is 0 Å². The molecule has 2 amide bonds. The van der Waals surface area contributed by atoms with Crippen LogP contribution in [-0.4, -0.2) is 386 Å². The molecule has 19 N–H and O–H groups in total. The van der Waals surface area contributed by atoms with Gasteiger partial charge in [-0.3, -0.25) is 38.7 Å². The summed E-state index contributed by atoms with van der Waals surface area (Å²) in [5.74, 6) is -5.58. The van der Waals surface area contributed by atoms with Crippen LogP contribution >= 0.6 is 0 Å². The number of aliphatic hydroxyl groups is 16. The molecular formula is C46H81N5O32. The van der Waals surface area contributed by atoms with Gasteiger partial charge in [0, 0.05) is 52.4 Å². The van der Waals surface area contributed by atoms with Crippen molar-refractivity contribution in [2.45, 2.75) is 149 Å². The first-order valence-electron chi connectivity index (χ1n) is 26.5. The van der Waals surface area contributed by atoms with E-state index < -0.39 is 186 Å². The minimum Gasteiger partial charge on any atom is -0.480 e. The monoisotopic (exact) mass is 1220 g/mol. The summed E-state index contributed by atoms with van der Waals surface area (Å²) in [6.45, 7) is -6.22. The zero-order valence-corrected chi connectivity index (χ0v) is 44.9. The second-order valence-corrected chi connectivity index (χ2v) is 20.0. The molecule has 4 saturated heterocycles. The van der Waals surface area contributed by atoms with E-state index in [1.807, 2.05) is 0 Å². The van der Waals surface area contributed by atoms with Crippen LogP contribution in [0.15, 0.2) is 0 Å². The van der Waals surface area contributed by atoms with Gasteiger partial charge in [-0.15, -0.1) is 0 Å². The van der Waals surface area contributed by atoms with Crippen molar-refractivity contribution in [2.24, 2.45) is 0 Å². The third kappa shape index (κ3) is 22.5. The summed E-state index contributed by atoms with van der Waals surface area (Å²) < 4.78 is 41.8. The highest BCUT2D eigenvalue weighted by atomic mass is 16.8. The van der Waals surface area contributed by atoms with Crippen molar-refractivity contribution in [3.8, 4) is 0 Å². The molecule has 20 atom stereocenters. The third-order valence-corrected chi connectivity index (χ3v) is 13.6. The van der Waals surface area contributed by atoms with Crippen molar-refractivity contribution in [1.29, 1.82) is 0 Å². The average molecular weight is 1220 g/mol. The van der Waals surface area contributed by atoms with E-state index in [-0.39, 0.29) is 104 Å². The lowest BCUT2D eigenvalue weighted by Gasteiger charge is -2.38. The molecule has 37 nitrogen and oxygen atoms in total. The number of carbonyl (C=O) groups excluding carboxylic acids is 2. The molecule has 0 aromatic heterocycles. The van der Waals surface area contributed by atoms with Gasteiger partial charge >= 0.3 is 17.9 Å². The Morgan fingerprint density at radius 1 is 0.289 bits per heavy atom. The molecule has 4 aliphatic rings. The van der Waals surface area contributed by atoms with Crippen molar-refractivity contribution in [2.75, 3.05) is 112 Å². The average Bonchev–Trinajstić information content (AvgIpc) is 3.54. The van der Waals surface area contributed by atoms with E-state index in [1.165, 1.54) is 14.7 Å². The summed E-state index contributed by atoms with van der Waals surface area (Å²) in [5, 5.41) is 189. The second kappa shape index (κ2) is 35.2. The molecule has 4 heterocycles. The standard InChI is InChI=1S/C46H81N5O32/c52-22(50(5-1-13-76-43-35(68)27(60)31(64)39(72)80-43)6-2-14-77-44-36(69)28(61)32(65)40(73)81-44)17-48(20-25(56)57)11-9-47(19-24(54)55)10-12-49(21-26(58)59)18-23(53)51(7-3-15-78-45-37(70)29(62)33(66)41(74)82-45)8-4-16-79-46-38(71)30(63)34(67)42(75)83-46/h27-46,60-75H,1-21H2,(H,54,55)(H,56,57)(H,58,59)/t27-,28-,29-,30-,31-,32-,33-,34-,35-,36-,37-,38-,39-,40-,41-,42-,43?,44?,45?,46?/m0/s1. The van der Waals surface area contributed by atoms with Crippen LogP contribution < -0.4 is 0 Å². The Morgan fingerprint density at radius 3 is 0.735 bits per heavy atom. The zero-order valence-electron chi connectivity index (χ0n) is 44.9. The van der Waals surface area contributed by atoms with Crippen molar-refractivity contribution < 1.29 is 159 Å². The van der Waals surface area contributed by atoms with E-state index in [0.29, 0.717) is 0 Å². The molecular weight excluding hydrogens is 1130 g/mol. The fourth-order valence-electron chi connectivity index (χ4n) is 8.83. The number of hydrogen-bond donors (Lipinski definition) is 19. The molecule has 0 aliphatic carbocycles. The van der Waals surface area contributed by atoms with Gasteiger partial charge < -0.3 is 145 Å². The van der Waals surface area contributed by atoms with Crippen LogP contribution in [0.1, 0.15) is 25.7 Å². The van der Waals surface area contributed by atoms with Crippen LogP contribution in [0, 0.1) is 0 Å². The summed E-state index contributed by atoms with van der Waals surface area (Å²) in [6, 6.07) is 0. The Labute approximate surface area is 473 Å². The molecule has 83 heavy (non-hydrogen) atoms. The number of nitrogens with zero attached hydrogens (tertiary/aromatic N) is 5. The SMILES string of the molecule is O=C(O)CN(CCN(CC(=O)O)CC(=O)N(CCCOC1O[C@H](O)[C@@H](O)[C@H](O)[C@@H]1O)CCCOC1O[C@H](O)[C@@H](O)[C@H](O)[C@@H]1O)CCN(CC(=O)O)CC(=O)N(CCCOC1O[C@H](O)[C@@H](O)[C@H](O)[C@@H]1O)CCCOC1O[C@H](O)[C@@H](O)[C@H](O)[C@@H]1O. The first-order chi connectivity index (χ1) is 39.1. The normalized spacial score (nSPS) is 34.1. The van der Waals surface area contributed by atoms with Gasteiger partial charge in [-0.05, 0) is 25.7 Å². The Balaban J connectivity index is 1.42. The van der Waals surface area contributed by atoms with E-state index in [2.05, 4.69) is 0 Å². The maximum Gasteiger partial charge on any atom is 0.317 e. The molecule has 37 heteroatoms. The second-order valence-electron chi connectivity index (χ2n) is 20.0. The number of aliphatic carboxylic acids is 3. The Hall–Kier alpha value is -3.73. The first-order valence-corrected chi connectivity index (χ1v) is 26.5. The molecule has 4 aliphatic heterocycles. The fourth-order valence-corrected chi connectivity index (χ4v) is 8.83. The van der Waals surface area contributed by atoms with Gasteiger partial charge in [0.25, 0.3) is 0 Å². The molecule has 0 aromatic carbocycles. The highest BCUT2D eigenvalue weighted by Crippen LogP contribution is 2.25. The van der Waals surface area contributed by atoms with E-state index in [1.54, 1.807) is 0 Å². The quantitative estimate of drug-likeness (QED) is 0.0259. The van der Waals surface area contributed by atoms with Crippen molar-refractivity contribution >= 4 is 29.7 Å². The van der Waals surface area contributed by atoms with Crippen molar-refractivity contribution in [3.63, 3.8) is 0 Å². The highest BCUT2D eigenvalue weighted by Gasteiger charge is 2.47. The molecule has 0 saturated carbocycles. The number of carboxylic acid groups (broad SMARTS) is 3. The summed E-state index contributed by atoms with van der Waals surface area (Å²) in [5.41, 5.74) is 0. The summed E-state index contributed by atoms with van der Waals surface area (Å²) in [6.07, 6.45) is -36.1. The largest absolute Gasteiger partial charge is 0.480 e. The smallest absolute Gasteiger partial charge is 0.317 e. The van der Waals surface area contributed by atoms with E-state index in [4.69, 9.17) is 37.9 Å². The van der Waals surface area contributed by atoms with Crippen LogP contribution in [0.25, 0.3) is 0 Å². The predicted molar refractivity (Wildman–Crippen MR) is 263 cm³/mol. The third-order valence-electron chi connectivity index (χ3n) is 13.6. The lowest BCUT2D eigenvalue weighted by molar-refractivity contribution is -0.340. The molecule has 0 aromatic rings.